The van der Waals surface area contributed by atoms with Crippen LogP contribution in [0.4, 0.5) is 5.95 Å². The molecule has 0 aliphatic carbocycles. The van der Waals surface area contributed by atoms with Gasteiger partial charge < -0.3 is 9.47 Å². The van der Waals surface area contributed by atoms with Gasteiger partial charge in [-0.2, -0.15) is 4.98 Å². The van der Waals surface area contributed by atoms with Gasteiger partial charge in [-0.1, -0.05) is 18.2 Å². The second-order valence-electron chi connectivity index (χ2n) is 4.89. The van der Waals surface area contributed by atoms with Crippen LogP contribution in [0, 0.1) is 0 Å². The van der Waals surface area contributed by atoms with Crippen LogP contribution in [-0.2, 0) is 0 Å². The predicted octanol–water partition coefficient (Wildman–Crippen LogP) is 2.74. The number of hydrogen-bond acceptors (Lipinski definition) is 5. The number of aromatic nitrogens is 3. The highest BCUT2D eigenvalue weighted by molar-refractivity contribution is 6.03. The molecule has 24 heavy (non-hydrogen) atoms. The molecule has 0 spiro atoms. The lowest BCUT2D eigenvalue weighted by Gasteiger charge is -2.07. The van der Waals surface area contributed by atoms with Crippen LogP contribution in [0.3, 0.4) is 0 Å². The van der Waals surface area contributed by atoms with Gasteiger partial charge in [0.2, 0.25) is 5.95 Å². The number of hydrogen-bond donors (Lipinski definition) is 2. The van der Waals surface area contributed by atoms with Crippen LogP contribution in [0.2, 0.25) is 0 Å². The highest BCUT2D eigenvalue weighted by Gasteiger charge is 2.14. The second-order valence-corrected chi connectivity index (χ2v) is 4.89. The number of ether oxygens (including phenoxy) is 2. The molecule has 7 heteroatoms. The molecule has 0 radical (unpaired) electrons. The van der Waals surface area contributed by atoms with Crippen LogP contribution in [0.25, 0.3) is 11.4 Å². The van der Waals surface area contributed by atoms with E-state index in [4.69, 9.17) is 9.47 Å². The molecule has 0 aliphatic rings. The molecule has 0 aliphatic heterocycles. The minimum atomic E-state index is -0.275. The molecular weight excluding hydrogens is 308 g/mol. The summed E-state index contributed by atoms with van der Waals surface area (Å²) in [5.74, 6) is 1.66. The number of aromatic amines is 1. The van der Waals surface area contributed by atoms with Crippen molar-refractivity contribution in [3.8, 4) is 22.9 Å². The fourth-order valence-corrected chi connectivity index (χ4v) is 2.20. The monoisotopic (exact) mass is 324 g/mol. The minimum absolute atomic E-state index is 0.191. The summed E-state index contributed by atoms with van der Waals surface area (Å²) in [4.78, 5) is 16.4. The van der Waals surface area contributed by atoms with Crippen molar-refractivity contribution in [2.24, 2.45) is 0 Å². The standard InChI is InChI=1S/C17H16N4O3/c1-23-12-8-9-13(14(10-12)24-2)15-18-17(21-20-15)19-16(22)11-6-4-3-5-7-11/h3-10H,1-2H3,(H2,18,19,20,21,22). The average Bonchev–Trinajstić information content (AvgIpc) is 3.10. The Morgan fingerprint density at radius 3 is 2.58 bits per heavy atom. The number of amides is 1. The summed E-state index contributed by atoms with van der Waals surface area (Å²) >= 11 is 0. The van der Waals surface area contributed by atoms with Crippen molar-refractivity contribution in [1.82, 2.24) is 15.2 Å². The summed E-state index contributed by atoms with van der Waals surface area (Å²) in [5.41, 5.74) is 1.25. The predicted molar refractivity (Wildman–Crippen MR) is 89.3 cm³/mol. The molecule has 0 atom stereocenters. The minimum Gasteiger partial charge on any atom is -0.497 e. The number of nitrogens with one attached hydrogen (secondary N) is 2. The summed E-state index contributed by atoms with van der Waals surface area (Å²) in [6, 6.07) is 14.2. The maximum atomic E-state index is 12.1. The van der Waals surface area contributed by atoms with E-state index >= 15 is 0 Å². The van der Waals surface area contributed by atoms with Crippen LogP contribution in [-0.4, -0.2) is 35.3 Å². The van der Waals surface area contributed by atoms with Gasteiger partial charge in [0.15, 0.2) is 5.82 Å². The number of carbonyl (C=O) groups is 1. The van der Waals surface area contributed by atoms with Gasteiger partial charge >= 0.3 is 0 Å². The number of H-pyrrole nitrogens is 1. The molecule has 1 aromatic heterocycles. The van der Waals surface area contributed by atoms with Gasteiger partial charge in [0, 0.05) is 11.6 Å². The van der Waals surface area contributed by atoms with Gasteiger partial charge in [-0.15, -0.1) is 5.10 Å². The SMILES string of the molecule is COc1ccc(-c2nc(NC(=O)c3ccccc3)n[nH]2)c(OC)c1. The summed E-state index contributed by atoms with van der Waals surface area (Å²) in [5, 5.41) is 9.47. The van der Waals surface area contributed by atoms with E-state index in [9.17, 15) is 4.79 Å². The first-order valence-corrected chi connectivity index (χ1v) is 7.22. The zero-order valence-electron chi connectivity index (χ0n) is 13.2. The van der Waals surface area contributed by atoms with Gasteiger partial charge in [-0.3, -0.25) is 15.2 Å². The van der Waals surface area contributed by atoms with E-state index < -0.39 is 0 Å². The molecule has 0 saturated heterocycles. The van der Waals surface area contributed by atoms with Crippen molar-refractivity contribution < 1.29 is 14.3 Å². The normalized spacial score (nSPS) is 10.2. The van der Waals surface area contributed by atoms with Gasteiger partial charge in [-0.05, 0) is 24.3 Å². The first kappa shape index (κ1) is 15.5. The van der Waals surface area contributed by atoms with Crippen molar-refractivity contribution in [1.29, 1.82) is 0 Å². The smallest absolute Gasteiger partial charge is 0.258 e. The van der Waals surface area contributed by atoms with Gasteiger partial charge in [-0.25, -0.2) is 0 Å². The number of carbonyl (C=O) groups excluding carboxylic acids is 1. The van der Waals surface area contributed by atoms with Gasteiger partial charge in [0.25, 0.3) is 5.91 Å². The van der Waals surface area contributed by atoms with E-state index in [-0.39, 0.29) is 11.9 Å². The quantitative estimate of drug-likeness (QED) is 0.753. The van der Waals surface area contributed by atoms with E-state index in [2.05, 4.69) is 20.5 Å². The number of anilines is 1. The van der Waals surface area contributed by atoms with Crippen LogP contribution in [0.5, 0.6) is 11.5 Å². The maximum Gasteiger partial charge on any atom is 0.258 e. The number of benzene rings is 2. The summed E-state index contributed by atoms with van der Waals surface area (Å²) < 4.78 is 10.5. The van der Waals surface area contributed by atoms with Gasteiger partial charge in [0.05, 0.1) is 19.8 Å². The molecule has 0 saturated carbocycles. The molecule has 0 bridgehead atoms. The Morgan fingerprint density at radius 2 is 1.88 bits per heavy atom. The Morgan fingerprint density at radius 1 is 1.08 bits per heavy atom. The van der Waals surface area contributed by atoms with Crippen LogP contribution in [0.1, 0.15) is 10.4 Å². The summed E-state index contributed by atoms with van der Waals surface area (Å²) in [6.45, 7) is 0. The third-order valence-corrected chi connectivity index (χ3v) is 3.41. The molecule has 1 heterocycles. The summed E-state index contributed by atoms with van der Waals surface area (Å²) in [7, 11) is 3.15. The molecule has 3 rings (SSSR count). The number of methoxy groups -OCH3 is 2. The Balaban J connectivity index is 1.82. The Bertz CT molecular complexity index is 846. The lowest BCUT2D eigenvalue weighted by Crippen LogP contribution is -2.12. The maximum absolute atomic E-state index is 12.1. The summed E-state index contributed by atoms with van der Waals surface area (Å²) in [6.07, 6.45) is 0. The fourth-order valence-electron chi connectivity index (χ4n) is 2.20. The van der Waals surface area contributed by atoms with Crippen LogP contribution < -0.4 is 14.8 Å². The molecule has 0 unspecified atom stereocenters. The van der Waals surface area contributed by atoms with Crippen molar-refractivity contribution in [3.05, 3.63) is 54.1 Å². The first-order chi connectivity index (χ1) is 11.7. The first-order valence-electron chi connectivity index (χ1n) is 7.22. The highest BCUT2D eigenvalue weighted by Crippen LogP contribution is 2.31. The van der Waals surface area contributed by atoms with E-state index in [1.54, 1.807) is 56.7 Å². The molecule has 2 N–H and O–H groups in total. The number of rotatable bonds is 5. The Kier molecular flexibility index (Phi) is 4.42. The van der Waals surface area contributed by atoms with E-state index in [1.165, 1.54) is 0 Å². The van der Waals surface area contributed by atoms with E-state index in [0.29, 0.717) is 28.5 Å². The Labute approximate surface area is 138 Å². The van der Waals surface area contributed by atoms with Crippen molar-refractivity contribution in [2.45, 2.75) is 0 Å². The third kappa shape index (κ3) is 3.19. The molecular formula is C17H16N4O3. The Hall–Kier alpha value is -3.35. The van der Waals surface area contributed by atoms with Crippen molar-refractivity contribution in [3.63, 3.8) is 0 Å². The van der Waals surface area contributed by atoms with E-state index in [0.717, 1.165) is 0 Å². The number of nitrogens with zero attached hydrogens (tertiary/aromatic N) is 2. The zero-order valence-corrected chi connectivity index (χ0v) is 13.2. The average molecular weight is 324 g/mol. The molecule has 3 aromatic rings. The van der Waals surface area contributed by atoms with Crippen molar-refractivity contribution >= 4 is 11.9 Å². The lowest BCUT2D eigenvalue weighted by molar-refractivity contribution is 0.102. The molecule has 2 aromatic carbocycles. The van der Waals surface area contributed by atoms with Crippen LogP contribution >= 0.6 is 0 Å². The van der Waals surface area contributed by atoms with Crippen molar-refractivity contribution in [2.75, 3.05) is 19.5 Å². The molecule has 0 fully saturated rings. The third-order valence-electron chi connectivity index (χ3n) is 3.41. The topological polar surface area (TPSA) is 89.1 Å². The largest absolute Gasteiger partial charge is 0.497 e. The van der Waals surface area contributed by atoms with Gasteiger partial charge in [0.1, 0.15) is 11.5 Å². The molecule has 122 valence electrons. The molecule has 7 nitrogen and oxygen atoms in total. The lowest BCUT2D eigenvalue weighted by atomic mass is 10.2. The van der Waals surface area contributed by atoms with E-state index in [1.807, 2.05) is 6.07 Å². The second kappa shape index (κ2) is 6.82. The van der Waals surface area contributed by atoms with Crippen LogP contribution in [0.15, 0.2) is 48.5 Å². The molecule has 1 amide bonds. The zero-order chi connectivity index (χ0) is 16.9. The highest BCUT2D eigenvalue weighted by atomic mass is 16.5. The fraction of sp³-hybridized carbons (Fsp3) is 0.118.